The summed E-state index contributed by atoms with van der Waals surface area (Å²) in [6, 6.07) is 13.5. The van der Waals surface area contributed by atoms with E-state index in [1.54, 1.807) is 61.5 Å². The number of esters is 1. The zero-order valence-corrected chi connectivity index (χ0v) is 32.7. The molecule has 0 aromatic heterocycles. The molecule has 3 rings (SSSR count). The lowest BCUT2D eigenvalue weighted by atomic mass is 9.85. The minimum Gasteiger partial charge on any atom is -0.467 e. The summed E-state index contributed by atoms with van der Waals surface area (Å²) in [7, 11) is 1.26. The van der Waals surface area contributed by atoms with E-state index < -0.39 is 35.4 Å². The van der Waals surface area contributed by atoms with Gasteiger partial charge >= 0.3 is 5.97 Å². The fourth-order valence-electron chi connectivity index (χ4n) is 6.40. The van der Waals surface area contributed by atoms with Crippen molar-refractivity contribution >= 4 is 29.5 Å². The first-order valence-electron chi connectivity index (χ1n) is 18.6. The number of likely N-dealkylation sites (tertiary alicyclic amines) is 1. The van der Waals surface area contributed by atoms with E-state index in [2.05, 4.69) is 41.6 Å². The van der Waals surface area contributed by atoms with Crippen molar-refractivity contribution < 1.29 is 28.7 Å². The third kappa shape index (κ3) is 11.6. The van der Waals surface area contributed by atoms with Crippen LogP contribution in [0.2, 0.25) is 0 Å². The molecule has 5 atom stereocenters. The van der Waals surface area contributed by atoms with Gasteiger partial charge in [-0.25, -0.2) is 4.79 Å². The summed E-state index contributed by atoms with van der Waals surface area (Å²) in [6.45, 7) is 18.6. The average Bonchev–Trinajstić information content (AvgIpc) is 3.12. The van der Waals surface area contributed by atoms with Crippen LogP contribution in [-0.4, -0.2) is 78.2 Å². The number of rotatable bonds is 15. The molecule has 0 radical (unpaired) electrons. The molecule has 2 aromatic rings. The van der Waals surface area contributed by atoms with Gasteiger partial charge in [0.15, 0.2) is 5.78 Å². The molecule has 3 amide bonds. The molecule has 10 heteroatoms. The van der Waals surface area contributed by atoms with E-state index in [-0.39, 0.29) is 42.0 Å². The molecule has 284 valence electrons. The Balaban J connectivity index is 1.73. The van der Waals surface area contributed by atoms with Gasteiger partial charge in [0.1, 0.15) is 12.1 Å². The van der Waals surface area contributed by atoms with Crippen LogP contribution >= 0.6 is 0 Å². The van der Waals surface area contributed by atoms with Gasteiger partial charge in [-0.05, 0) is 56.0 Å². The van der Waals surface area contributed by atoms with Crippen molar-refractivity contribution in [1.29, 1.82) is 0 Å². The molecule has 1 fully saturated rings. The first-order chi connectivity index (χ1) is 24.4. The van der Waals surface area contributed by atoms with Gasteiger partial charge < -0.3 is 20.7 Å². The Morgan fingerprint density at radius 1 is 0.846 bits per heavy atom. The monoisotopic (exact) mass is 716 g/mol. The molecule has 1 saturated heterocycles. The second-order valence-corrected chi connectivity index (χ2v) is 15.8. The van der Waals surface area contributed by atoms with Crippen molar-refractivity contribution in [2.75, 3.05) is 13.7 Å². The van der Waals surface area contributed by atoms with Crippen molar-refractivity contribution in [3.8, 4) is 0 Å². The van der Waals surface area contributed by atoms with Crippen LogP contribution in [0.5, 0.6) is 0 Å². The highest BCUT2D eigenvalue weighted by atomic mass is 16.5. The van der Waals surface area contributed by atoms with Crippen LogP contribution in [0.25, 0.3) is 0 Å². The maximum absolute atomic E-state index is 13.9. The van der Waals surface area contributed by atoms with E-state index in [4.69, 9.17) is 4.74 Å². The summed E-state index contributed by atoms with van der Waals surface area (Å²) in [5.41, 5.74) is 1.56. The lowest BCUT2D eigenvalue weighted by Gasteiger charge is -2.42. The molecule has 0 spiro atoms. The zero-order chi connectivity index (χ0) is 38.7. The lowest BCUT2D eigenvalue weighted by molar-refractivity contribution is -0.144. The molecule has 2 aromatic carbocycles. The maximum Gasteiger partial charge on any atom is 0.328 e. The molecule has 0 aliphatic carbocycles. The summed E-state index contributed by atoms with van der Waals surface area (Å²) >= 11 is 0. The van der Waals surface area contributed by atoms with Crippen LogP contribution in [0.15, 0.2) is 66.2 Å². The predicted octanol–water partition coefficient (Wildman–Crippen LogP) is 5.63. The Morgan fingerprint density at radius 3 is 2.02 bits per heavy atom. The van der Waals surface area contributed by atoms with E-state index >= 15 is 0 Å². The van der Waals surface area contributed by atoms with Gasteiger partial charge in [-0.2, -0.15) is 0 Å². The Bertz CT molecular complexity index is 1560. The van der Waals surface area contributed by atoms with Crippen molar-refractivity contribution in [1.82, 2.24) is 20.9 Å². The van der Waals surface area contributed by atoms with Crippen molar-refractivity contribution in [2.45, 2.75) is 118 Å². The minimum atomic E-state index is -0.984. The van der Waals surface area contributed by atoms with E-state index in [1.807, 2.05) is 40.7 Å². The summed E-state index contributed by atoms with van der Waals surface area (Å²) in [5.74, 6) is -1.37. The third-order valence-electron chi connectivity index (χ3n) is 10.0. The predicted molar refractivity (Wildman–Crippen MR) is 205 cm³/mol. The summed E-state index contributed by atoms with van der Waals surface area (Å²) in [6.07, 6.45) is 4.59. The number of nitrogens with zero attached hydrogens (tertiary/aromatic N) is 1. The number of ketones is 1. The molecule has 0 bridgehead atoms. The van der Waals surface area contributed by atoms with E-state index in [0.717, 1.165) is 31.4 Å². The molecule has 10 nitrogen and oxygen atoms in total. The molecule has 2 unspecified atom stereocenters. The first kappa shape index (κ1) is 42.1. The van der Waals surface area contributed by atoms with Crippen LogP contribution in [0.3, 0.4) is 0 Å². The normalized spacial score (nSPS) is 17.8. The SMILES string of the molecule is COC(=O)[C@H](Cc1ccc(C(=O)c2ccccc2)cc1)NC(=O)/C(C)=C/[C@@H](NC(=O)[C@@H](NC(=O)C1CCCCN1C(C)C(C)C)C(C)(C)C)C(C)C. The molecule has 52 heavy (non-hydrogen) atoms. The van der Waals surface area contributed by atoms with E-state index in [9.17, 15) is 24.0 Å². The minimum absolute atomic E-state index is 0.0859. The van der Waals surface area contributed by atoms with Crippen LogP contribution in [0, 0.1) is 17.3 Å². The first-order valence-corrected chi connectivity index (χ1v) is 18.6. The Kier molecular flexibility index (Phi) is 15.4. The van der Waals surface area contributed by atoms with Gasteiger partial charge in [-0.1, -0.05) is 116 Å². The molecule has 1 aliphatic heterocycles. The van der Waals surface area contributed by atoms with Crippen molar-refractivity contribution in [2.24, 2.45) is 17.3 Å². The summed E-state index contributed by atoms with van der Waals surface area (Å²) in [4.78, 5) is 69.0. The molecule has 0 saturated carbocycles. The van der Waals surface area contributed by atoms with Crippen LogP contribution < -0.4 is 16.0 Å². The van der Waals surface area contributed by atoms with Gasteiger partial charge in [-0.15, -0.1) is 0 Å². The lowest BCUT2D eigenvalue weighted by Crippen LogP contribution is -2.61. The molecular formula is C42H60N4O6. The van der Waals surface area contributed by atoms with Gasteiger partial charge in [0.2, 0.25) is 17.7 Å². The highest BCUT2D eigenvalue weighted by Crippen LogP contribution is 2.26. The number of hydrogen-bond acceptors (Lipinski definition) is 7. The van der Waals surface area contributed by atoms with Gasteiger partial charge in [-0.3, -0.25) is 24.1 Å². The van der Waals surface area contributed by atoms with Crippen LogP contribution in [0.1, 0.15) is 103 Å². The number of piperidine rings is 1. The Morgan fingerprint density at radius 2 is 1.46 bits per heavy atom. The largest absolute Gasteiger partial charge is 0.467 e. The summed E-state index contributed by atoms with van der Waals surface area (Å²) in [5, 5.41) is 8.96. The van der Waals surface area contributed by atoms with Crippen LogP contribution in [0.4, 0.5) is 0 Å². The van der Waals surface area contributed by atoms with Gasteiger partial charge in [0.25, 0.3) is 0 Å². The standard InChI is InChI=1S/C42H60N4O6/c1-26(2)29(6)46-23-15-14-18-35(46)39(49)45-37(42(7,8)9)40(50)43-33(27(3)4)24-28(5)38(48)44-34(41(51)52-10)25-30-19-21-32(22-20-30)36(47)31-16-12-11-13-17-31/h11-13,16-17,19-22,24,26-27,29,33-35,37H,14-15,18,23,25H2,1-10H3,(H,43,50)(H,44,48)(H,45,49)/b28-24+/t29?,33-,34+,35?,37-/m1/s1. The highest BCUT2D eigenvalue weighted by molar-refractivity contribution is 6.09. The molecular weight excluding hydrogens is 656 g/mol. The Hall–Kier alpha value is -4.31. The number of nitrogens with one attached hydrogen (secondary N) is 3. The molecule has 1 heterocycles. The quantitative estimate of drug-likeness (QED) is 0.124. The number of carbonyl (C=O) groups excluding carboxylic acids is 5. The molecule has 3 N–H and O–H groups in total. The van der Waals surface area contributed by atoms with Crippen LogP contribution in [-0.2, 0) is 30.3 Å². The van der Waals surface area contributed by atoms with Crippen molar-refractivity contribution in [3.63, 3.8) is 0 Å². The number of benzene rings is 2. The maximum atomic E-state index is 13.9. The van der Waals surface area contributed by atoms with E-state index in [0.29, 0.717) is 22.6 Å². The number of hydrogen-bond donors (Lipinski definition) is 3. The number of amides is 3. The van der Waals surface area contributed by atoms with Crippen molar-refractivity contribution in [3.05, 3.63) is 82.9 Å². The highest BCUT2D eigenvalue weighted by Gasteiger charge is 2.39. The summed E-state index contributed by atoms with van der Waals surface area (Å²) < 4.78 is 5.00. The smallest absolute Gasteiger partial charge is 0.328 e. The van der Waals surface area contributed by atoms with E-state index in [1.165, 1.54) is 7.11 Å². The number of methoxy groups -OCH3 is 1. The van der Waals surface area contributed by atoms with Gasteiger partial charge in [0.05, 0.1) is 19.2 Å². The fourth-order valence-corrected chi connectivity index (χ4v) is 6.40. The zero-order valence-electron chi connectivity index (χ0n) is 32.7. The second kappa shape index (κ2) is 19.0. The Labute approximate surface area is 310 Å². The number of carbonyl (C=O) groups is 5. The fraction of sp³-hybridized carbons (Fsp3) is 0.548. The van der Waals surface area contributed by atoms with Gasteiger partial charge in [0, 0.05) is 29.2 Å². The molecule has 1 aliphatic rings. The third-order valence-corrected chi connectivity index (χ3v) is 10.0. The average molecular weight is 717 g/mol. The topological polar surface area (TPSA) is 134 Å². The number of ether oxygens (including phenoxy) is 1. The second-order valence-electron chi connectivity index (χ2n) is 15.8.